The maximum Gasteiger partial charge on any atom is 0.287 e. The van der Waals surface area contributed by atoms with Gasteiger partial charge in [-0.05, 0) is 43.5 Å². The van der Waals surface area contributed by atoms with Gasteiger partial charge in [0, 0.05) is 36.1 Å². The molecule has 1 amide bonds. The summed E-state index contributed by atoms with van der Waals surface area (Å²) in [6, 6.07) is 14.2. The van der Waals surface area contributed by atoms with Gasteiger partial charge in [-0.3, -0.25) is 4.79 Å². The summed E-state index contributed by atoms with van der Waals surface area (Å²) in [6.45, 7) is 3.59. The Balaban J connectivity index is 1.57. The average Bonchev–Trinajstić information content (AvgIpc) is 3.04. The number of fused-ring (bicyclic) bond motifs is 1. The Morgan fingerprint density at radius 1 is 1.11 bits per heavy atom. The first kappa shape index (κ1) is 17.7. The first-order valence-corrected chi connectivity index (χ1v) is 9.19. The third kappa shape index (κ3) is 3.35. The molecule has 3 aromatic rings. The number of amides is 1. The summed E-state index contributed by atoms with van der Waals surface area (Å²) in [6.07, 6.45) is 1.55. The fourth-order valence-electron chi connectivity index (χ4n) is 3.85. The standard InChI is InChI=1S/C22H22FNO3/c1-15-18-4-2-3-5-19(18)27-20(15)21(25)24-14-22(10-12-26-13-11-22)16-6-8-17(23)9-7-16/h2-9H,10-14H2,1H3,(H,24,25). The van der Waals surface area contributed by atoms with Crippen molar-refractivity contribution in [2.45, 2.75) is 25.2 Å². The van der Waals surface area contributed by atoms with E-state index in [1.54, 1.807) is 12.1 Å². The number of halogens is 1. The molecule has 140 valence electrons. The molecule has 0 spiro atoms. The van der Waals surface area contributed by atoms with Crippen LogP contribution in [-0.2, 0) is 10.2 Å². The lowest BCUT2D eigenvalue weighted by molar-refractivity contribution is 0.0484. The lowest BCUT2D eigenvalue weighted by Crippen LogP contribution is -2.44. The topological polar surface area (TPSA) is 51.5 Å². The molecule has 1 aliphatic heterocycles. The van der Waals surface area contributed by atoms with Gasteiger partial charge in [-0.2, -0.15) is 0 Å². The normalized spacial score (nSPS) is 16.4. The van der Waals surface area contributed by atoms with Gasteiger partial charge in [0.15, 0.2) is 5.76 Å². The second-order valence-corrected chi connectivity index (χ2v) is 7.13. The fraction of sp³-hybridized carbons (Fsp3) is 0.318. The molecule has 4 rings (SSSR count). The van der Waals surface area contributed by atoms with Gasteiger partial charge in [-0.15, -0.1) is 0 Å². The van der Waals surface area contributed by atoms with Gasteiger partial charge < -0.3 is 14.5 Å². The molecule has 0 unspecified atom stereocenters. The molecule has 2 heterocycles. The lowest BCUT2D eigenvalue weighted by atomic mass is 9.74. The quantitative estimate of drug-likeness (QED) is 0.745. The summed E-state index contributed by atoms with van der Waals surface area (Å²) in [5, 5.41) is 3.99. The Labute approximate surface area is 157 Å². The molecule has 1 fully saturated rings. The molecule has 4 nitrogen and oxygen atoms in total. The van der Waals surface area contributed by atoms with Gasteiger partial charge in [0.25, 0.3) is 5.91 Å². The number of rotatable bonds is 4. The lowest BCUT2D eigenvalue weighted by Gasteiger charge is -2.37. The zero-order chi connectivity index (χ0) is 18.9. The second-order valence-electron chi connectivity index (χ2n) is 7.13. The second kappa shape index (κ2) is 7.16. The SMILES string of the molecule is Cc1c(C(=O)NCC2(c3ccc(F)cc3)CCOCC2)oc2ccccc12. The summed E-state index contributed by atoms with van der Waals surface area (Å²) in [5.74, 6) is -0.142. The minimum Gasteiger partial charge on any atom is -0.451 e. The van der Waals surface area contributed by atoms with Crippen LogP contribution in [0.1, 0.15) is 34.5 Å². The van der Waals surface area contributed by atoms with Crippen LogP contribution in [0.2, 0.25) is 0 Å². The molecule has 5 heteroatoms. The maximum absolute atomic E-state index is 13.4. The third-order valence-corrected chi connectivity index (χ3v) is 5.54. The van der Waals surface area contributed by atoms with Crippen molar-refractivity contribution in [2.24, 2.45) is 0 Å². The molecule has 0 radical (unpaired) electrons. The summed E-state index contributed by atoms with van der Waals surface area (Å²) in [4.78, 5) is 12.8. The molecule has 0 aliphatic carbocycles. The highest BCUT2D eigenvalue weighted by Gasteiger charge is 2.35. The highest BCUT2D eigenvalue weighted by atomic mass is 19.1. The molecule has 27 heavy (non-hydrogen) atoms. The van der Waals surface area contributed by atoms with Crippen LogP contribution in [0.5, 0.6) is 0 Å². The molecule has 1 saturated heterocycles. The van der Waals surface area contributed by atoms with Crippen LogP contribution >= 0.6 is 0 Å². The third-order valence-electron chi connectivity index (χ3n) is 5.54. The highest BCUT2D eigenvalue weighted by Crippen LogP contribution is 2.34. The number of para-hydroxylation sites is 1. The zero-order valence-electron chi connectivity index (χ0n) is 15.3. The number of hydrogen-bond donors (Lipinski definition) is 1. The maximum atomic E-state index is 13.4. The number of hydrogen-bond acceptors (Lipinski definition) is 3. The van der Waals surface area contributed by atoms with Gasteiger partial charge >= 0.3 is 0 Å². The van der Waals surface area contributed by atoms with E-state index in [4.69, 9.17) is 9.15 Å². The van der Waals surface area contributed by atoms with Crippen LogP contribution in [0, 0.1) is 12.7 Å². The van der Waals surface area contributed by atoms with Gasteiger partial charge in [0.1, 0.15) is 11.4 Å². The first-order chi connectivity index (χ1) is 13.1. The number of aryl methyl sites for hydroxylation is 1. The predicted molar refractivity (Wildman–Crippen MR) is 101 cm³/mol. The summed E-state index contributed by atoms with van der Waals surface area (Å²) < 4.78 is 24.6. The Hall–Kier alpha value is -2.66. The monoisotopic (exact) mass is 367 g/mol. The molecule has 0 bridgehead atoms. The average molecular weight is 367 g/mol. The highest BCUT2D eigenvalue weighted by molar-refractivity contribution is 5.98. The Morgan fingerprint density at radius 2 is 1.81 bits per heavy atom. The van der Waals surface area contributed by atoms with Crippen molar-refractivity contribution in [3.63, 3.8) is 0 Å². The molecule has 0 saturated carbocycles. The van der Waals surface area contributed by atoms with E-state index in [1.165, 1.54) is 12.1 Å². The Morgan fingerprint density at radius 3 is 2.52 bits per heavy atom. The van der Waals surface area contributed by atoms with Crippen molar-refractivity contribution >= 4 is 16.9 Å². The van der Waals surface area contributed by atoms with Gasteiger partial charge in [0.05, 0.1) is 0 Å². The van der Waals surface area contributed by atoms with Crippen LogP contribution in [0.4, 0.5) is 4.39 Å². The van der Waals surface area contributed by atoms with Gasteiger partial charge in [0.2, 0.25) is 0 Å². The number of nitrogens with one attached hydrogen (secondary N) is 1. The molecular formula is C22H22FNO3. The van der Waals surface area contributed by atoms with E-state index in [0.29, 0.717) is 31.1 Å². The Bertz CT molecular complexity index is 955. The van der Waals surface area contributed by atoms with Crippen molar-refractivity contribution in [1.82, 2.24) is 5.32 Å². The van der Waals surface area contributed by atoms with E-state index in [2.05, 4.69) is 5.32 Å². The fourth-order valence-corrected chi connectivity index (χ4v) is 3.85. The molecular weight excluding hydrogens is 345 g/mol. The number of carbonyl (C=O) groups excluding carboxylic acids is 1. The molecule has 1 aromatic heterocycles. The van der Waals surface area contributed by atoms with Crippen LogP contribution in [-0.4, -0.2) is 25.7 Å². The summed E-state index contributed by atoms with van der Waals surface area (Å²) >= 11 is 0. The van der Waals surface area contributed by atoms with E-state index in [0.717, 1.165) is 29.4 Å². The van der Waals surface area contributed by atoms with E-state index in [1.807, 2.05) is 31.2 Å². The van der Waals surface area contributed by atoms with Crippen molar-refractivity contribution in [1.29, 1.82) is 0 Å². The number of furan rings is 1. The Kier molecular flexibility index (Phi) is 4.70. The largest absolute Gasteiger partial charge is 0.451 e. The van der Waals surface area contributed by atoms with Crippen molar-refractivity contribution < 1.29 is 18.3 Å². The smallest absolute Gasteiger partial charge is 0.287 e. The predicted octanol–water partition coefficient (Wildman–Crippen LogP) is 4.36. The van der Waals surface area contributed by atoms with Crippen LogP contribution in [0.15, 0.2) is 52.9 Å². The molecule has 1 aliphatic rings. The molecule has 1 N–H and O–H groups in total. The van der Waals surface area contributed by atoms with Crippen LogP contribution < -0.4 is 5.32 Å². The summed E-state index contributed by atoms with van der Waals surface area (Å²) in [7, 11) is 0. The van der Waals surface area contributed by atoms with Gasteiger partial charge in [-0.1, -0.05) is 30.3 Å². The van der Waals surface area contributed by atoms with E-state index < -0.39 is 0 Å². The van der Waals surface area contributed by atoms with Crippen LogP contribution in [0.25, 0.3) is 11.0 Å². The van der Waals surface area contributed by atoms with Crippen LogP contribution in [0.3, 0.4) is 0 Å². The minimum atomic E-state index is -0.262. The zero-order valence-corrected chi connectivity index (χ0v) is 15.3. The van der Waals surface area contributed by atoms with E-state index in [-0.39, 0.29) is 17.1 Å². The number of ether oxygens (including phenoxy) is 1. The van der Waals surface area contributed by atoms with Gasteiger partial charge in [-0.25, -0.2) is 4.39 Å². The molecule has 2 aromatic carbocycles. The molecule has 0 atom stereocenters. The number of benzene rings is 2. The van der Waals surface area contributed by atoms with E-state index in [9.17, 15) is 9.18 Å². The number of carbonyl (C=O) groups is 1. The van der Waals surface area contributed by atoms with Crippen molar-refractivity contribution in [3.8, 4) is 0 Å². The van der Waals surface area contributed by atoms with Crippen molar-refractivity contribution in [3.05, 3.63) is 71.2 Å². The minimum absolute atomic E-state index is 0.225. The summed E-state index contributed by atoms with van der Waals surface area (Å²) in [5.41, 5.74) is 2.31. The van der Waals surface area contributed by atoms with Crippen molar-refractivity contribution in [2.75, 3.05) is 19.8 Å². The van der Waals surface area contributed by atoms with E-state index >= 15 is 0 Å². The first-order valence-electron chi connectivity index (χ1n) is 9.19.